The first kappa shape index (κ1) is 16.6. The minimum atomic E-state index is -3.89. The van der Waals surface area contributed by atoms with Crippen LogP contribution >= 0.6 is 22.9 Å². The number of hydrogen-bond donors (Lipinski definition) is 1. The van der Waals surface area contributed by atoms with Crippen molar-refractivity contribution in [3.63, 3.8) is 0 Å². The highest BCUT2D eigenvalue weighted by molar-refractivity contribution is 14.1. The van der Waals surface area contributed by atoms with Crippen LogP contribution in [-0.2, 0) is 14.9 Å². The molecule has 0 unspecified atom stereocenters. The van der Waals surface area contributed by atoms with Crippen molar-refractivity contribution in [2.75, 3.05) is 45.6 Å². The van der Waals surface area contributed by atoms with Gasteiger partial charge >= 0.3 is 0 Å². The molecular formula is C10H21IN2O4S. The van der Waals surface area contributed by atoms with Crippen molar-refractivity contribution in [2.45, 2.75) is 18.9 Å². The summed E-state index contributed by atoms with van der Waals surface area (Å²) < 4.78 is 37.8. The fraction of sp³-hybridized carbons (Fsp3) is 1.00. The first-order valence-electron chi connectivity index (χ1n) is 6.01. The lowest BCUT2D eigenvalue weighted by Crippen LogP contribution is -2.45. The molecule has 0 aromatic rings. The van der Waals surface area contributed by atoms with E-state index in [1.165, 1.54) is 0 Å². The summed E-state index contributed by atoms with van der Waals surface area (Å²) >= 11 is 2.31. The van der Waals surface area contributed by atoms with E-state index in [4.69, 9.17) is 9.29 Å². The summed E-state index contributed by atoms with van der Waals surface area (Å²) in [5.41, 5.74) is 0. The zero-order valence-corrected chi connectivity index (χ0v) is 13.6. The Balaban J connectivity index is 2.48. The van der Waals surface area contributed by atoms with Gasteiger partial charge in [-0.1, -0.05) is 0 Å². The molecule has 18 heavy (non-hydrogen) atoms. The molecule has 0 bridgehead atoms. The molecule has 0 aromatic heterocycles. The van der Waals surface area contributed by atoms with Gasteiger partial charge in [-0.3, -0.25) is 9.45 Å². The van der Waals surface area contributed by atoms with Gasteiger partial charge in [-0.05, 0) is 12.8 Å². The Morgan fingerprint density at radius 3 is 2.50 bits per heavy atom. The normalized spacial score (nSPS) is 19.6. The van der Waals surface area contributed by atoms with Crippen LogP contribution in [0.1, 0.15) is 12.8 Å². The fourth-order valence-corrected chi connectivity index (χ4v) is 3.14. The van der Waals surface area contributed by atoms with E-state index in [2.05, 4.69) is 30.9 Å². The van der Waals surface area contributed by atoms with Gasteiger partial charge in [-0.15, -0.1) is 0 Å². The summed E-state index contributed by atoms with van der Waals surface area (Å²) in [7, 11) is -2.25. The second-order valence-corrected chi connectivity index (χ2v) is 7.39. The fourth-order valence-electron chi connectivity index (χ4n) is 2.12. The van der Waals surface area contributed by atoms with E-state index in [9.17, 15) is 8.42 Å². The summed E-state index contributed by atoms with van der Waals surface area (Å²) in [6, 6.07) is 0.382. The molecule has 0 amide bonds. The molecule has 1 N–H and O–H groups in total. The Bertz CT molecular complexity index is 331. The minimum absolute atomic E-state index is 0.207. The van der Waals surface area contributed by atoms with Gasteiger partial charge in [-0.25, -0.2) is 3.11 Å². The number of halogens is 1. The van der Waals surface area contributed by atoms with Gasteiger partial charge in [0.05, 0.1) is 12.4 Å². The van der Waals surface area contributed by atoms with Crippen molar-refractivity contribution in [3.05, 3.63) is 0 Å². The lowest BCUT2D eigenvalue weighted by atomic mass is 10.1. The second kappa shape index (κ2) is 7.95. The van der Waals surface area contributed by atoms with Gasteiger partial charge in [0, 0.05) is 62.2 Å². The number of methoxy groups -OCH3 is 1. The van der Waals surface area contributed by atoms with Crippen molar-refractivity contribution in [2.24, 2.45) is 0 Å². The van der Waals surface area contributed by atoms with E-state index >= 15 is 0 Å². The third-order valence-electron chi connectivity index (χ3n) is 3.15. The van der Waals surface area contributed by atoms with Crippen molar-refractivity contribution in [3.8, 4) is 0 Å². The van der Waals surface area contributed by atoms with E-state index in [0.29, 0.717) is 25.7 Å². The lowest BCUT2D eigenvalue weighted by Gasteiger charge is -2.36. The molecular weight excluding hydrogens is 371 g/mol. The van der Waals surface area contributed by atoms with Crippen LogP contribution in [0, 0.1) is 0 Å². The molecule has 0 aliphatic carbocycles. The number of hydrogen-bond acceptors (Lipinski definition) is 5. The average Bonchev–Trinajstić information content (AvgIpc) is 2.29. The molecule has 1 heterocycles. The number of rotatable bonds is 7. The molecule has 6 nitrogen and oxygen atoms in total. The van der Waals surface area contributed by atoms with Crippen molar-refractivity contribution in [1.29, 1.82) is 0 Å². The lowest BCUT2D eigenvalue weighted by molar-refractivity contribution is 0.103. The van der Waals surface area contributed by atoms with Gasteiger partial charge in [0.2, 0.25) is 0 Å². The number of ether oxygens (including phenoxy) is 1. The molecule has 0 aromatic carbocycles. The summed E-state index contributed by atoms with van der Waals surface area (Å²) in [5, 5.41) is 0. The summed E-state index contributed by atoms with van der Waals surface area (Å²) in [4.78, 5) is 2.11. The molecule has 8 heteroatoms. The molecule has 1 fully saturated rings. The van der Waals surface area contributed by atoms with Gasteiger partial charge in [0.15, 0.2) is 0 Å². The first-order chi connectivity index (χ1) is 8.42. The molecule has 108 valence electrons. The van der Waals surface area contributed by atoms with Gasteiger partial charge < -0.3 is 4.74 Å². The first-order valence-corrected chi connectivity index (χ1v) is 8.58. The van der Waals surface area contributed by atoms with Gasteiger partial charge in [0.25, 0.3) is 10.1 Å². The maximum absolute atomic E-state index is 10.8. The average molecular weight is 392 g/mol. The van der Waals surface area contributed by atoms with Crippen LogP contribution in [0.4, 0.5) is 0 Å². The SMILES string of the molecule is COCCN(CCS(=O)(=O)O)C1CCN(I)CC1. The molecule has 1 saturated heterocycles. The Hall–Kier alpha value is 0.520. The molecule has 1 aliphatic rings. The molecule has 0 saturated carbocycles. The summed E-state index contributed by atoms with van der Waals surface area (Å²) in [6.45, 7) is 3.68. The molecule has 0 radical (unpaired) electrons. The van der Waals surface area contributed by atoms with Crippen LogP contribution in [0.5, 0.6) is 0 Å². The highest BCUT2D eigenvalue weighted by Gasteiger charge is 2.24. The van der Waals surface area contributed by atoms with Crippen LogP contribution in [0.2, 0.25) is 0 Å². The zero-order chi connectivity index (χ0) is 13.6. The molecule has 1 rings (SSSR count). The van der Waals surface area contributed by atoms with Crippen LogP contribution in [0.3, 0.4) is 0 Å². The highest BCUT2D eigenvalue weighted by atomic mass is 127. The van der Waals surface area contributed by atoms with Gasteiger partial charge in [-0.2, -0.15) is 8.42 Å². The topological polar surface area (TPSA) is 70.1 Å². The third-order valence-corrected chi connectivity index (χ3v) is 4.81. The molecule has 0 spiro atoms. The van der Waals surface area contributed by atoms with E-state index in [-0.39, 0.29) is 5.75 Å². The van der Waals surface area contributed by atoms with E-state index in [1.54, 1.807) is 7.11 Å². The Morgan fingerprint density at radius 2 is 2.00 bits per heavy atom. The Kier molecular flexibility index (Phi) is 7.32. The Morgan fingerprint density at radius 1 is 1.39 bits per heavy atom. The predicted molar refractivity (Wildman–Crippen MR) is 78.5 cm³/mol. The summed E-state index contributed by atoms with van der Waals surface area (Å²) in [5.74, 6) is -0.207. The van der Waals surface area contributed by atoms with Gasteiger partial charge in [0.1, 0.15) is 0 Å². The second-order valence-electron chi connectivity index (χ2n) is 4.46. The maximum Gasteiger partial charge on any atom is 0.266 e. The minimum Gasteiger partial charge on any atom is -0.383 e. The molecule has 1 aliphatic heterocycles. The Labute approximate surface area is 123 Å². The standard InChI is InChI=1S/C10H21IN2O4S/c1-17-8-6-12(7-9-18(14,15)16)10-2-4-13(11)5-3-10/h10H,2-9H2,1H3,(H,14,15,16). The van der Waals surface area contributed by atoms with E-state index < -0.39 is 10.1 Å². The largest absolute Gasteiger partial charge is 0.383 e. The van der Waals surface area contributed by atoms with E-state index in [0.717, 1.165) is 25.9 Å². The van der Waals surface area contributed by atoms with Crippen molar-refractivity contribution < 1.29 is 17.7 Å². The van der Waals surface area contributed by atoms with Crippen molar-refractivity contribution >= 4 is 33.0 Å². The monoisotopic (exact) mass is 392 g/mol. The van der Waals surface area contributed by atoms with E-state index in [1.807, 2.05) is 0 Å². The quantitative estimate of drug-likeness (QED) is 0.390. The third kappa shape index (κ3) is 6.62. The van der Waals surface area contributed by atoms with Crippen LogP contribution < -0.4 is 0 Å². The number of piperidine rings is 1. The maximum atomic E-state index is 10.8. The number of nitrogens with zero attached hydrogens (tertiary/aromatic N) is 2. The van der Waals surface area contributed by atoms with Crippen LogP contribution in [0.25, 0.3) is 0 Å². The van der Waals surface area contributed by atoms with Crippen LogP contribution in [0.15, 0.2) is 0 Å². The summed E-state index contributed by atoms with van der Waals surface area (Å²) in [6.07, 6.45) is 2.05. The zero-order valence-electron chi connectivity index (χ0n) is 10.6. The molecule has 0 atom stereocenters. The van der Waals surface area contributed by atoms with Crippen molar-refractivity contribution in [1.82, 2.24) is 8.01 Å². The smallest absolute Gasteiger partial charge is 0.266 e. The van der Waals surface area contributed by atoms with Crippen LogP contribution in [-0.4, -0.2) is 72.7 Å². The highest BCUT2D eigenvalue weighted by Crippen LogP contribution is 2.18. The predicted octanol–water partition coefficient (Wildman–Crippen LogP) is 0.637.